The van der Waals surface area contributed by atoms with Gasteiger partial charge in [0, 0.05) is 11.1 Å². The van der Waals surface area contributed by atoms with Crippen LogP contribution in [0.5, 0.6) is 5.75 Å². The van der Waals surface area contributed by atoms with Crippen LogP contribution in [0.4, 0.5) is 4.79 Å². The van der Waals surface area contributed by atoms with Crippen molar-refractivity contribution in [1.82, 2.24) is 0 Å². The Labute approximate surface area is 146 Å². The van der Waals surface area contributed by atoms with Gasteiger partial charge in [0.2, 0.25) is 13.9 Å². The third-order valence-electron chi connectivity index (χ3n) is 3.10. The maximum absolute atomic E-state index is 11.5. The molecule has 0 fully saturated rings. The van der Waals surface area contributed by atoms with E-state index >= 15 is 0 Å². The fourth-order valence-corrected chi connectivity index (χ4v) is 5.05. The van der Waals surface area contributed by atoms with Crippen LogP contribution in [-0.2, 0) is 9.47 Å². The van der Waals surface area contributed by atoms with E-state index in [9.17, 15) is 4.79 Å². The van der Waals surface area contributed by atoms with Crippen LogP contribution in [0.3, 0.4) is 0 Å². The molecule has 0 saturated heterocycles. The highest BCUT2D eigenvalue weighted by molar-refractivity contribution is 5.66. The first-order chi connectivity index (χ1) is 10.9. The van der Waals surface area contributed by atoms with Crippen LogP contribution in [0.25, 0.3) is 11.1 Å². The highest BCUT2D eigenvalue weighted by Gasteiger charge is 2.33. The lowest BCUT2D eigenvalue weighted by Gasteiger charge is -2.18. The van der Waals surface area contributed by atoms with Gasteiger partial charge < -0.3 is 14.2 Å². The average molecular weight is 425 g/mol. The van der Waals surface area contributed by atoms with Gasteiger partial charge in [-0.2, -0.15) is 0 Å². The molecular formula is C18H18IO4+. The van der Waals surface area contributed by atoms with Crippen LogP contribution >= 0.6 is 0 Å². The first-order valence-corrected chi connectivity index (χ1v) is 9.45. The number of carbonyl (C=O) groups is 1. The highest BCUT2D eigenvalue weighted by Crippen LogP contribution is 2.26. The number of ether oxygens (including phenoxy) is 3. The molecule has 0 radical (unpaired) electrons. The van der Waals surface area contributed by atoms with Crippen LogP contribution in [0, 0.1) is 7.14 Å². The van der Waals surface area contributed by atoms with Gasteiger partial charge in [-0.3, -0.25) is 0 Å². The third kappa shape index (κ3) is 3.96. The van der Waals surface area contributed by atoms with E-state index in [1.807, 2.05) is 12.1 Å². The van der Waals surface area contributed by atoms with E-state index in [4.69, 9.17) is 14.2 Å². The average Bonchev–Trinajstić information content (AvgIpc) is 2.83. The van der Waals surface area contributed by atoms with Crippen molar-refractivity contribution < 1.29 is 40.2 Å². The second-order valence-electron chi connectivity index (χ2n) is 6.09. The molecule has 0 atom stereocenters. The molecule has 2 aromatic rings. The van der Waals surface area contributed by atoms with E-state index in [0.717, 1.165) is 0 Å². The van der Waals surface area contributed by atoms with Gasteiger partial charge in [0.25, 0.3) is 0 Å². The molecular weight excluding hydrogens is 407 g/mol. The fourth-order valence-electron chi connectivity index (χ4n) is 2.18. The van der Waals surface area contributed by atoms with Gasteiger partial charge in [0.05, 0.1) is 0 Å². The molecule has 2 aromatic carbocycles. The minimum Gasteiger partial charge on any atom is -0.457 e. The number of hydrogen-bond acceptors (Lipinski definition) is 4. The Bertz CT molecular complexity index is 734. The van der Waals surface area contributed by atoms with Gasteiger partial charge in [-0.05, 0) is 51.1 Å². The number of halogens is 1. The van der Waals surface area contributed by atoms with Crippen molar-refractivity contribution in [2.75, 3.05) is 6.79 Å². The summed E-state index contributed by atoms with van der Waals surface area (Å²) in [5.41, 5.74) is 1.94. The summed E-state index contributed by atoms with van der Waals surface area (Å²) in [6.07, 6.45) is -0.727. The molecule has 23 heavy (non-hydrogen) atoms. The van der Waals surface area contributed by atoms with E-state index in [2.05, 4.69) is 30.3 Å². The molecule has 0 saturated carbocycles. The molecule has 3 rings (SSSR count). The maximum Gasteiger partial charge on any atom is 0.511 e. The topological polar surface area (TPSA) is 44.8 Å². The van der Waals surface area contributed by atoms with Gasteiger partial charge >= 0.3 is 27.4 Å². The Morgan fingerprint density at radius 2 is 1.78 bits per heavy atom. The second kappa shape index (κ2) is 6.39. The van der Waals surface area contributed by atoms with Gasteiger partial charge in [-0.25, -0.2) is 4.79 Å². The Kier molecular flexibility index (Phi) is 4.48. The molecule has 4 nitrogen and oxygen atoms in total. The molecule has 0 N–H and O–H groups in total. The van der Waals surface area contributed by atoms with Crippen LogP contribution < -0.4 is 25.9 Å². The van der Waals surface area contributed by atoms with Gasteiger partial charge in [0.15, 0.2) is 0 Å². The predicted molar refractivity (Wildman–Crippen MR) is 82.1 cm³/mol. The smallest absolute Gasteiger partial charge is 0.457 e. The van der Waals surface area contributed by atoms with Crippen molar-refractivity contribution in [3.8, 4) is 16.9 Å². The summed E-state index contributed by atoms with van der Waals surface area (Å²) in [6.45, 7) is 5.20. The van der Waals surface area contributed by atoms with Crippen molar-refractivity contribution in [3.05, 3.63) is 49.6 Å². The molecule has 120 valence electrons. The summed E-state index contributed by atoms with van der Waals surface area (Å²) in [4.78, 5) is 11.5. The van der Waals surface area contributed by atoms with Crippen molar-refractivity contribution in [2.45, 2.75) is 26.4 Å². The van der Waals surface area contributed by atoms with Gasteiger partial charge in [0.1, 0.15) is 11.4 Å². The number of rotatable bonds is 3. The SMILES string of the molecule is CC(C)(C)OC(=O)OCOc1ccc2c(c1)-c1ccccc1[I+]2. The van der Waals surface area contributed by atoms with Crippen molar-refractivity contribution in [1.29, 1.82) is 0 Å². The standard InChI is InChI=1S/C18H18IO4/c1-18(2,3)23-17(20)22-11-21-12-8-9-16-14(10-12)13-6-4-5-7-15(13)19-16/h4-10H,11H2,1-3H3/q+1. The number of fused-ring (bicyclic) bond motifs is 3. The van der Waals surface area contributed by atoms with Crippen LogP contribution in [0.15, 0.2) is 42.5 Å². The Morgan fingerprint density at radius 3 is 2.57 bits per heavy atom. The largest absolute Gasteiger partial charge is 0.511 e. The predicted octanol–water partition coefficient (Wildman–Crippen LogP) is 1.08. The second-order valence-corrected chi connectivity index (χ2v) is 8.95. The molecule has 1 aliphatic rings. The fraction of sp³-hybridized carbons (Fsp3) is 0.278. The molecule has 1 heterocycles. The molecule has 5 heteroatoms. The van der Waals surface area contributed by atoms with Gasteiger partial charge in [-0.15, -0.1) is 0 Å². The van der Waals surface area contributed by atoms with E-state index in [0.29, 0.717) is 5.75 Å². The molecule has 0 unspecified atom stereocenters. The lowest BCUT2D eigenvalue weighted by Crippen LogP contribution is -3.61. The summed E-state index contributed by atoms with van der Waals surface area (Å²) in [7, 11) is 0. The molecule has 0 aliphatic carbocycles. The highest BCUT2D eigenvalue weighted by atomic mass is 127. The first-order valence-electron chi connectivity index (χ1n) is 7.29. The van der Waals surface area contributed by atoms with Crippen molar-refractivity contribution in [2.24, 2.45) is 0 Å². The molecule has 0 bridgehead atoms. The van der Waals surface area contributed by atoms with E-state index < -0.39 is 11.8 Å². The van der Waals surface area contributed by atoms with Crippen molar-refractivity contribution in [3.63, 3.8) is 0 Å². The monoisotopic (exact) mass is 425 g/mol. The zero-order valence-electron chi connectivity index (χ0n) is 13.3. The lowest BCUT2D eigenvalue weighted by molar-refractivity contribution is -0.589. The number of hydrogen-bond donors (Lipinski definition) is 0. The van der Waals surface area contributed by atoms with Crippen molar-refractivity contribution >= 4 is 6.16 Å². The van der Waals surface area contributed by atoms with Crippen LogP contribution in [0.2, 0.25) is 0 Å². The summed E-state index contributed by atoms with van der Waals surface area (Å²) in [5, 5.41) is 0. The zero-order chi connectivity index (χ0) is 16.4. The Hall–Kier alpha value is -1.76. The summed E-state index contributed by atoms with van der Waals surface area (Å²) in [6, 6.07) is 14.5. The number of benzene rings is 2. The lowest BCUT2D eigenvalue weighted by atomic mass is 10.1. The van der Waals surface area contributed by atoms with Gasteiger partial charge in [-0.1, -0.05) is 12.1 Å². The molecule has 0 spiro atoms. The van der Waals surface area contributed by atoms with E-state index in [-0.39, 0.29) is 28.0 Å². The van der Waals surface area contributed by atoms with Crippen LogP contribution in [0.1, 0.15) is 20.8 Å². The molecule has 1 aliphatic heterocycles. The molecule has 0 aromatic heterocycles. The van der Waals surface area contributed by atoms with Crippen LogP contribution in [-0.4, -0.2) is 18.5 Å². The Balaban J connectivity index is 1.62. The van der Waals surface area contributed by atoms with E-state index in [1.165, 1.54) is 18.3 Å². The summed E-state index contributed by atoms with van der Waals surface area (Å²) >= 11 is -0.111. The molecule has 0 amide bonds. The number of carbonyl (C=O) groups excluding carboxylic acids is 1. The Morgan fingerprint density at radius 1 is 1.04 bits per heavy atom. The minimum absolute atomic E-state index is 0.111. The summed E-state index contributed by atoms with van der Waals surface area (Å²) < 4.78 is 18.3. The first kappa shape index (κ1) is 16.1. The normalized spacial score (nSPS) is 12.3. The third-order valence-corrected chi connectivity index (χ3v) is 6.14. The summed E-state index contributed by atoms with van der Waals surface area (Å²) in [5.74, 6) is 0.688. The minimum atomic E-state index is -0.727. The quantitative estimate of drug-likeness (QED) is 0.358. The van der Waals surface area contributed by atoms with E-state index in [1.54, 1.807) is 20.8 Å². The zero-order valence-corrected chi connectivity index (χ0v) is 15.4. The maximum atomic E-state index is 11.5.